The van der Waals surface area contributed by atoms with Crippen LogP contribution in [-0.4, -0.2) is 77.9 Å². The van der Waals surface area contributed by atoms with E-state index in [1.54, 1.807) is 12.1 Å². The van der Waals surface area contributed by atoms with E-state index in [2.05, 4.69) is 93.3 Å². The van der Waals surface area contributed by atoms with E-state index in [1.165, 1.54) is 18.1 Å². The van der Waals surface area contributed by atoms with Crippen LogP contribution in [0.1, 0.15) is 63.6 Å². The molecule has 3 aromatic rings. The number of hydroxylamine groups is 2. The molecule has 50 heavy (non-hydrogen) atoms. The number of halogens is 1. The fourth-order valence-electron chi connectivity index (χ4n) is 9.12. The lowest BCUT2D eigenvalue weighted by Crippen LogP contribution is -2.62. The van der Waals surface area contributed by atoms with Gasteiger partial charge >= 0.3 is 0 Å². The molecule has 4 fully saturated rings. The van der Waals surface area contributed by atoms with Crippen molar-refractivity contribution in [2.24, 2.45) is 29.1 Å². The van der Waals surface area contributed by atoms with Crippen molar-refractivity contribution in [1.29, 1.82) is 0 Å². The molecule has 7 atom stereocenters. The Balaban J connectivity index is 1.18. The number of benzene rings is 3. The van der Waals surface area contributed by atoms with Gasteiger partial charge in [-0.3, -0.25) is 14.5 Å². The van der Waals surface area contributed by atoms with Gasteiger partial charge in [-0.15, -0.1) is 0 Å². The highest BCUT2D eigenvalue weighted by atomic mass is 19.1. The molecule has 0 unspecified atom stereocenters. The van der Waals surface area contributed by atoms with Crippen LogP contribution in [0.4, 0.5) is 4.39 Å². The maximum absolute atomic E-state index is 14.2. The van der Waals surface area contributed by atoms with E-state index < -0.39 is 12.1 Å². The number of aliphatic hydroxyl groups excluding tert-OH is 1. The highest BCUT2D eigenvalue weighted by Gasteiger charge is 2.57. The topological polar surface area (TPSA) is 68.3 Å². The zero-order valence-corrected chi connectivity index (χ0v) is 30.8. The Morgan fingerprint density at radius 2 is 1.76 bits per heavy atom. The molecule has 3 aromatic carbocycles. The zero-order chi connectivity index (χ0) is 35.6. The fraction of sp³-hybridized carbons (Fsp3) is 0.548. The van der Waals surface area contributed by atoms with Crippen molar-refractivity contribution >= 4 is 5.91 Å². The van der Waals surface area contributed by atoms with Crippen molar-refractivity contribution in [3.63, 3.8) is 0 Å². The van der Waals surface area contributed by atoms with Crippen LogP contribution < -0.4 is 5.32 Å². The molecule has 7 rings (SSSR count). The molecule has 0 radical (unpaired) electrons. The minimum absolute atomic E-state index is 0.0201. The van der Waals surface area contributed by atoms with Crippen LogP contribution in [0.2, 0.25) is 0 Å². The van der Waals surface area contributed by atoms with Crippen LogP contribution in [0.25, 0.3) is 11.1 Å². The van der Waals surface area contributed by atoms with E-state index in [0.29, 0.717) is 29.7 Å². The maximum atomic E-state index is 14.2. The monoisotopic (exact) mass is 684 g/mol. The second-order valence-electron chi connectivity index (χ2n) is 16.0. The maximum Gasteiger partial charge on any atom is 0.240 e. The Bertz CT molecular complexity index is 1610. The van der Waals surface area contributed by atoms with Crippen LogP contribution in [0.5, 0.6) is 0 Å². The number of nitrogens with one attached hydrogen (secondary N) is 1. The molecule has 8 heteroatoms. The molecule has 1 aliphatic heterocycles. The number of carbonyl (C=O) groups excluding carboxylic acids is 1. The highest BCUT2D eigenvalue weighted by molar-refractivity contribution is 5.82. The van der Waals surface area contributed by atoms with Gasteiger partial charge in [0.15, 0.2) is 0 Å². The Kier molecular flexibility index (Phi) is 11.4. The first-order valence-electron chi connectivity index (χ1n) is 18.6. The molecule has 2 bridgehead atoms. The third-order valence-electron chi connectivity index (χ3n) is 12.2. The molecule has 3 aliphatic carbocycles. The van der Waals surface area contributed by atoms with Gasteiger partial charge in [-0.1, -0.05) is 88.4 Å². The molecular formula is C42H57FN4O3. The Morgan fingerprint density at radius 1 is 1.00 bits per heavy atom. The molecule has 1 amide bonds. The van der Waals surface area contributed by atoms with E-state index >= 15 is 0 Å². The lowest BCUT2D eigenvalue weighted by molar-refractivity contribution is -0.183. The minimum Gasteiger partial charge on any atom is -0.394 e. The molecule has 1 saturated heterocycles. The van der Waals surface area contributed by atoms with Crippen LogP contribution in [0, 0.1) is 34.9 Å². The predicted octanol–water partition coefficient (Wildman–Crippen LogP) is 6.75. The summed E-state index contributed by atoms with van der Waals surface area (Å²) in [5.74, 6) is 1.44. The smallest absolute Gasteiger partial charge is 0.240 e. The van der Waals surface area contributed by atoms with Crippen LogP contribution in [-0.2, 0) is 29.3 Å². The van der Waals surface area contributed by atoms with Crippen molar-refractivity contribution in [3.05, 3.63) is 95.3 Å². The van der Waals surface area contributed by atoms with E-state index in [-0.39, 0.29) is 30.3 Å². The van der Waals surface area contributed by atoms with Gasteiger partial charge in [0.1, 0.15) is 18.0 Å². The average Bonchev–Trinajstić information content (AvgIpc) is 3.45. The summed E-state index contributed by atoms with van der Waals surface area (Å²) in [6, 6.07) is 23.3. The molecule has 0 aromatic heterocycles. The van der Waals surface area contributed by atoms with Gasteiger partial charge in [-0.25, -0.2) is 4.39 Å². The molecule has 270 valence electrons. The Labute approximate surface area is 298 Å². The molecule has 2 N–H and O–H groups in total. The minimum atomic E-state index is -0.463. The Hall–Kier alpha value is -3.14. The second-order valence-corrected chi connectivity index (χ2v) is 16.0. The summed E-state index contributed by atoms with van der Waals surface area (Å²) in [4.78, 5) is 25.1. The number of carbonyl (C=O) groups is 1. The van der Waals surface area contributed by atoms with Crippen molar-refractivity contribution in [3.8, 4) is 11.1 Å². The summed E-state index contributed by atoms with van der Waals surface area (Å²) in [6.45, 7) is 12.7. The number of aliphatic hydroxyl groups is 1. The van der Waals surface area contributed by atoms with Gasteiger partial charge in [0.25, 0.3) is 0 Å². The summed E-state index contributed by atoms with van der Waals surface area (Å²) in [6.07, 6.45) is 2.64. The first-order valence-corrected chi connectivity index (χ1v) is 18.6. The number of hydrogen-bond donors (Lipinski definition) is 2. The van der Waals surface area contributed by atoms with Crippen molar-refractivity contribution in [1.82, 2.24) is 20.2 Å². The summed E-state index contributed by atoms with van der Waals surface area (Å²) in [5, 5.41) is 15.6. The van der Waals surface area contributed by atoms with Crippen LogP contribution >= 0.6 is 0 Å². The second kappa shape index (κ2) is 15.6. The molecule has 1 heterocycles. The first kappa shape index (κ1) is 36.6. The number of likely N-dealkylation sites (N-methyl/N-ethyl adjacent to an activating group) is 1. The summed E-state index contributed by atoms with van der Waals surface area (Å²) >= 11 is 0. The number of fused-ring (bicyclic) bond motifs is 2. The van der Waals surface area contributed by atoms with Crippen LogP contribution in [0.3, 0.4) is 0 Å². The van der Waals surface area contributed by atoms with Gasteiger partial charge in [0, 0.05) is 38.1 Å². The molecule has 3 saturated carbocycles. The first-order chi connectivity index (χ1) is 24.0. The fourth-order valence-corrected chi connectivity index (χ4v) is 9.12. The van der Waals surface area contributed by atoms with E-state index in [1.807, 2.05) is 23.3 Å². The van der Waals surface area contributed by atoms with E-state index in [0.717, 1.165) is 61.3 Å². The van der Waals surface area contributed by atoms with Gasteiger partial charge in [-0.05, 0) is 96.5 Å². The SMILES string of the molecule is CC[C@@H]1[C@H](CO)ON(Cc2cccc(CN(CCN(C)C)Cc3ccccc3-c3cccc(F)c3)c2)[C@@H]1C(=O)N[C@H]1C[C@H]2C[C@@H]([C@@H]1C)C2(C)C. The van der Waals surface area contributed by atoms with E-state index in [9.17, 15) is 14.3 Å². The van der Waals surface area contributed by atoms with Gasteiger partial charge in [0.05, 0.1) is 13.2 Å². The van der Waals surface area contributed by atoms with Crippen LogP contribution in [0.15, 0.2) is 72.8 Å². The summed E-state index contributed by atoms with van der Waals surface area (Å²) < 4.78 is 14.2. The number of rotatable bonds is 14. The number of hydrogen-bond acceptors (Lipinski definition) is 6. The Morgan fingerprint density at radius 3 is 2.46 bits per heavy atom. The number of amides is 1. The summed E-state index contributed by atoms with van der Waals surface area (Å²) in [7, 11) is 4.17. The third kappa shape index (κ3) is 7.85. The number of nitrogens with zero attached hydrogens (tertiary/aromatic N) is 3. The highest BCUT2D eigenvalue weighted by Crippen LogP contribution is 2.61. The molecule has 7 nitrogen and oxygen atoms in total. The predicted molar refractivity (Wildman–Crippen MR) is 197 cm³/mol. The normalized spacial score (nSPS) is 27.4. The quantitative estimate of drug-likeness (QED) is 0.196. The average molecular weight is 685 g/mol. The van der Waals surface area contributed by atoms with Crippen molar-refractivity contribution in [2.45, 2.75) is 84.8 Å². The molecule has 4 aliphatic rings. The van der Waals surface area contributed by atoms with Crippen molar-refractivity contribution in [2.75, 3.05) is 33.8 Å². The van der Waals surface area contributed by atoms with Gasteiger partial charge < -0.3 is 15.3 Å². The third-order valence-corrected chi connectivity index (χ3v) is 12.2. The zero-order valence-electron chi connectivity index (χ0n) is 30.8. The lowest BCUT2D eigenvalue weighted by Gasteiger charge is -2.62. The van der Waals surface area contributed by atoms with E-state index in [4.69, 9.17) is 4.84 Å². The molecule has 0 spiro atoms. The molecular weight excluding hydrogens is 627 g/mol. The standard InChI is InChI=1S/C42H57FN4O3/c1-7-35-39(27-48)50-47(40(35)41(49)44-38-23-33-22-37(28(38)2)42(33,3)4)25-30-13-10-12-29(20-30)24-46(19-18-45(5)6)26-32-14-8-9-17-36(32)31-15-11-16-34(43)21-31/h8-17,20-21,28,33,35,37-40,48H,7,18-19,22-27H2,1-6H3,(H,44,49)/t28-,33+,35+,37-,38-,39-,40-/m0/s1. The van der Waals surface area contributed by atoms with Crippen molar-refractivity contribution < 1.29 is 19.1 Å². The largest absolute Gasteiger partial charge is 0.394 e. The summed E-state index contributed by atoms with van der Waals surface area (Å²) in [5.41, 5.74) is 5.67. The van der Waals surface area contributed by atoms with Gasteiger partial charge in [-0.2, -0.15) is 5.06 Å². The van der Waals surface area contributed by atoms with Gasteiger partial charge in [0.2, 0.25) is 5.91 Å². The lowest BCUT2D eigenvalue weighted by atomic mass is 9.45.